The van der Waals surface area contributed by atoms with Crippen molar-refractivity contribution in [2.45, 2.75) is 50.4 Å². The highest BCUT2D eigenvalue weighted by molar-refractivity contribution is 5.83. The molecule has 0 bridgehead atoms. The van der Waals surface area contributed by atoms with Crippen LogP contribution in [0.1, 0.15) is 48.8 Å². The van der Waals surface area contributed by atoms with E-state index in [4.69, 9.17) is 4.74 Å². The second-order valence-electron chi connectivity index (χ2n) is 5.73. The van der Waals surface area contributed by atoms with E-state index in [1.165, 1.54) is 11.1 Å². The third kappa shape index (κ3) is 1.75. The van der Waals surface area contributed by atoms with Crippen molar-refractivity contribution >= 4 is 5.97 Å². The van der Waals surface area contributed by atoms with Gasteiger partial charge in [0.1, 0.15) is 5.75 Å². The summed E-state index contributed by atoms with van der Waals surface area (Å²) in [6.45, 7) is 0. The molecule has 1 fully saturated rings. The molecule has 0 atom stereocenters. The number of methoxy groups -OCH3 is 1. The molecule has 3 nitrogen and oxygen atoms in total. The van der Waals surface area contributed by atoms with Gasteiger partial charge in [-0.05, 0) is 43.2 Å². The van der Waals surface area contributed by atoms with Crippen molar-refractivity contribution in [3.8, 4) is 5.75 Å². The van der Waals surface area contributed by atoms with Gasteiger partial charge in [-0.25, -0.2) is 0 Å². The minimum atomic E-state index is -0.719. The molecule has 1 saturated carbocycles. The van der Waals surface area contributed by atoms with Gasteiger partial charge in [-0.2, -0.15) is 0 Å². The zero-order valence-electron chi connectivity index (χ0n) is 11.4. The molecule has 3 rings (SSSR count). The van der Waals surface area contributed by atoms with E-state index in [2.05, 4.69) is 6.07 Å². The Labute approximate surface area is 113 Å². The maximum Gasteiger partial charge on any atom is 0.314 e. The Morgan fingerprint density at radius 2 is 1.95 bits per heavy atom. The fourth-order valence-corrected chi connectivity index (χ4v) is 3.82. The molecule has 2 aliphatic carbocycles. The van der Waals surface area contributed by atoms with E-state index < -0.39 is 11.4 Å². The molecule has 0 heterocycles. The number of carboxylic acid groups (broad SMARTS) is 1. The summed E-state index contributed by atoms with van der Waals surface area (Å²) in [4.78, 5) is 11.8. The van der Waals surface area contributed by atoms with Crippen LogP contribution in [0, 0.1) is 0 Å². The number of hydrogen-bond acceptors (Lipinski definition) is 2. The summed E-state index contributed by atoms with van der Waals surface area (Å²) >= 11 is 0. The molecule has 102 valence electrons. The van der Waals surface area contributed by atoms with E-state index >= 15 is 0 Å². The van der Waals surface area contributed by atoms with Crippen molar-refractivity contribution in [2.75, 3.05) is 7.11 Å². The van der Waals surface area contributed by atoms with E-state index in [-0.39, 0.29) is 0 Å². The highest BCUT2D eigenvalue weighted by Crippen LogP contribution is 2.47. The average molecular weight is 260 g/mol. The summed E-state index contributed by atoms with van der Waals surface area (Å²) in [5.74, 6) is 0.153. The summed E-state index contributed by atoms with van der Waals surface area (Å²) in [5, 5.41) is 9.73. The summed E-state index contributed by atoms with van der Waals surface area (Å²) in [7, 11) is 1.67. The molecule has 0 aromatic heterocycles. The molecule has 1 aromatic carbocycles. The zero-order valence-corrected chi connectivity index (χ0v) is 11.4. The fourth-order valence-electron chi connectivity index (χ4n) is 3.82. The van der Waals surface area contributed by atoms with Gasteiger partial charge in [0.25, 0.3) is 0 Å². The van der Waals surface area contributed by atoms with Crippen molar-refractivity contribution in [1.82, 2.24) is 0 Å². The molecule has 0 amide bonds. The summed E-state index contributed by atoms with van der Waals surface area (Å²) in [5.41, 5.74) is 2.76. The van der Waals surface area contributed by atoms with Crippen molar-refractivity contribution in [3.63, 3.8) is 0 Å². The quantitative estimate of drug-likeness (QED) is 0.908. The first-order valence-electron chi connectivity index (χ1n) is 7.12. The number of benzene rings is 1. The lowest BCUT2D eigenvalue weighted by atomic mass is 9.77. The van der Waals surface area contributed by atoms with Gasteiger partial charge in [0.05, 0.1) is 12.5 Å². The van der Waals surface area contributed by atoms with Gasteiger partial charge in [-0.15, -0.1) is 0 Å². The van der Waals surface area contributed by atoms with E-state index in [0.717, 1.165) is 56.3 Å². The Bertz CT molecular complexity index is 513. The van der Waals surface area contributed by atoms with Gasteiger partial charge in [-0.1, -0.05) is 25.0 Å². The van der Waals surface area contributed by atoms with Crippen LogP contribution >= 0.6 is 0 Å². The molecule has 0 unspecified atom stereocenters. The van der Waals surface area contributed by atoms with Gasteiger partial charge >= 0.3 is 5.97 Å². The first-order chi connectivity index (χ1) is 9.19. The van der Waals surface area contributed by atoms with E-state index in [0.29, 0.717) is 0 Å². The summed E-state index contributed by atoms with van der Waals surface area (Å²) in [6.07, 6.45) is 6.71. The van der Waals surface area contributed by atoms with Gasteiger partial charge < -0.3 is 9.84 Å². The van der Waals surface area contributed by atoms with Crippen LogP contribution in [0.5, 0.6) is 5.75 Å². The number of fused-ring (bicyclic) bond motifs is 1. The minimum Gasteiger partial charge on any atom is -0.496 e. The molecule has 3 heteroatoms. The summed E-state index contributed by atoms with van der Waals surface area (Å²) < 4.78 is 5.61. The third-order valence-electron chi connectivity index (χ3n) is 4.82. The van der Waals surface area contributed by atoms with Gasteiger partial charge in [0.15, 0.2) is 0 Å². The highest BCUT2D eigenvalue weighted by Gasteiger charge is 2.45. The molecule has 1 N–H and O–H groups in total. The van der Waals surface area contributed by atoms with Gasteiger partial charge in [-0.3, -0.25) is 4.79 Å². The number of carboxylic acids is 1. The number of ether oxygens (including phenoxy) is 1. The Morgan fingerprint density at radius 3 is 2.58 bits per heavy atom. The highest BCUT2D eigenvalue weighted by atomic mass is 16.5. The topological polar surface area (TPSA) is 46.5 Å². The van der Waals surface area contributed by atoms with Gasteiger partial charge in [0.2, 0.25) is 0 Å². The monoisotopic (exact) mass is 260 g/mol. The normalized spacial score (nSPS) is 20.3. The molecular formula is C16H20O3. The lowest BCUT2D eigenvalue weighted by Gasteiger charge is -2.27. The number of aryl methyl sites for hydroxylation is 1. The van der Waals surface area contributed by atoms with Crippen LogP contribution < -0.4 is 4.74 Å². The predicted molar refractivity (Wildman–Crippen MR) is 72.8 cm³/mol. The van der Waals surface area contributed by atoms with Crippen molar-refractivity contribution in [2.24, 2.45) is 0 Å². The Balaban J connectivity index is 2.17. The smallest absolute Gasteiger partial charge is 0.314 e. The minimum absolute atomic E-state index is 0.693. The van der Waals surface area contributed by atoms with Crippen LogP contribution in [0.25, 0.3) is 0 Å². The largest absolute Gasteiger partial charge is 0.496 e. The molecule has 0 spiro atoms. The van der Waals surface area contributed by atoms with E-state index in [1.54, 1.807) is 7.11 Å². The number of hydrogen-bond donors (Lipinski definition) is 1. The number of rotatable bonds is 3. The van der Waals surface area contributed by atoms with Crippen molar-refractivity contribution < 1.29 is 14.6 Å². The van der Waals surface area contributed by atoms with E-state index in [1.807, 2.05) is 6.07 Å². The molecule has 1 aromatic rings. The molecule has 19 heavy (non-hydrogen) atoms. The van der Waals surface area contributed by atoms with Gasteiger partial charge in [0, 0.05) is 5.56 Å². The Morgan fingerprint density at radius 1 is 1.21 bits per heavy atom. The number of aliphatic carboxylic acids is 1. The molecule has 0 saturated heterocycles. The fraction of sp³-hybridized carbons (Fsp3) is 0.562. The van der Waals surface area contributed by atoms with E-state index in [9.17, 15) is 9.90 Å². The standard InChI is InChI=1S/C16H20O3/c1-19-14-12-6-4-5-11(12)7-8-13(14)16(15(17)18)9-2-3-10-16/h7-8H,2-6,9-10H2,1H3,(H,17,18). The Kier molecular flexibility index (Phi) is 3.00. The lowest BCUT2D eigenvalue weighted by Crippen LogP contribution is -2.33. The summed E-state index contributed by atoms with van der Waals surface area (Å²) in [6, 6.07) is 4.12. The number of carbonyl (C=O) groups is 1. The lowest BCUT2D eigenvalue weighted by molar-refractivity contribution is -0.143. The molecule has 0 radical (unpaired) electrons. The van der Waals surface area contributed by atoms with Crippen LogP contribution in [0.15, 0.2) is 12.1 Å². The Hall–Kier alpha value is -1.51. The first-order valence-corrected chi connectivity index (χ1v) is 7.12. The molecule has 2 aliphatic rings. The maximum absolute atomic E-state index is 11.8. The van der Waals surface area contributed by atoms with Crippen LogP contribution in [0.4, 0.5) is 0 Å². The molecule has 0 aliphatic heterocycles. The first kappa shape index (κ1) is 12.5. The predicted octanol–water partition coefficient (Wildman–Crippen LogP) is 3.08. The van der Waals surface area contributed by atoms with Crippen molar-refractivity contribution in [1.29, 1.82) is 0 Å². The van der Waals surface area contributed by atoms with Crippen LogP contribution in [-0.4, -0.2) is 18.2 Å². The SMILES string of the molecule is COc1c(C2(C(=O)O)CCCC2)ccc2c1CCC2. The second-order valence-corrected chi connectivity index (χ2v) is 5.73. The van der Waals surface area contributed by atoms with Crippen LogP contribution in [0.3, 0.4) is 0 Å². The average Bonchev–Trinajstić information content (AvgIpc) is 3.06. The third-order valence-corrected chi connectivity index (χ3v) is 4.82. The second kappa shape index (κ2) is 4.55. The molecular weight excluding hydrogens is 240 g/mol. The zero-order chi connectivity index (χ0) is 13.5. The maximum atomic E-state index is 11.8. The van der Waals surface area contributed by atoms with Crippen LogP contribution in [0.2, 0.25) is 0 Å². The van der Waals surface area contributed by atoms with Crippen LogP contribution in [-0.2, 0) is 23.1 Å². The van der Waals surface area contributed by atoms with Crippen molar-refractivity contribution in [3.05, 3.63) is 28.8 Å².